The Labute approximate surface area is 175 Å². The molecule has 0 aliphatic carbocycles. The zero-order valence-corrected chi connectivity index (χ0v) is 16.6. The number of thiocarbonyl (C=S) groups is 1. The highest BCUT2D eigenvalue weighted by atomic mass is 32.2. The van der Waals surface area contributed by atoms with Crippen molar-refractivity contribution in [2.75, 3.05) is 7.11 Å². The first-order chi connectivity index (χ1) is 14.0. The fraction of sp³-hybridized carbons (Fsp3) is 0.0476. The second-order valence-electron chi connectivity index (χ2n) is 5.89. The van der Waals surface area contributed by atoms with Gasteiger partial charge >= 0.3 is 5.97 Å². The lowest BCUT2D eigenvalue weighted by molar-refractivity contribution is -0.115. The van der Waals surface area contributed by atoms with Crippen LogP contribution in [0.15, 0.2) is 52.0 Å². The summed E-state index contributed by atoms with van der Waals surface area (Å²) in [6.45, 7) is 0. The van der Waals surface area contributed by atoms with Crippen LogP contribution in [0.1, 0.15) is 27.2 Å². The molecule has 3 aromatic rings. The lowest BCUT2D eigenvalue weighted by atomic mass is 10.1. The van der Waals surface area contributed by atoms with Crippen LogP contribution >= 0.6 is 24.0 Å². The number of thioether (sulfide) groups is 1. The first-order valence-corrected chi connectivity index (χ1v) is 9.59. The van der Waals surface area contributed by atoms with Crippen molar-refractivity contribution in [3.05, 3.63) is 70.1 Å². The first-order valence-electron chi connectivity index (χ1n) is 8.37. The van der Waals surface area contributed by atoms with Gasteiger partial charge < -0.3 is 14.5 Å². The number of amides is 1. The van der Waals surface area contributed by atoms with Gasteiger partial charge in [-0.3, -0.25) is 9.78 Å². The average molecular weight is 420 g/mol. The quantitative estimate of drug-likeness (QED) is 0.294. The number of hydrogen-bond donors (Lipinski definition) is 1. The van der Waals surface area contributed by atoms with E-state index < -0.39 is 5.97 Å². The molecule has 1 amide bonds. The van der Waals surface area contributed by atoms with E-state index in [-0.39, 0.29) is 5.91 Å². The molecule has 1 N–H and O–H groups in total. The maximum Gasteiger partial charge on any atom is 0.339 e. The van der Waals surface area contributed by atoms with Crippen LogP contribution in [0.4, 0.5) is 0 Å². The summed E-state index contributed by atoms with van der Waals surface area (Å²) in [4.78, 5) is 28.4. The van der Waals surface area contributed by atoms with Crippen LogP contribution in [-0.4, -0.2) is 28.3 Å². The summed E-state index contributed by atoms with van der Waals surface area (Å²) in [5, 5.41) is 3.31. The monoisotopic (exact) mass is 420 g/mol. The number of nitrogens with one attached hydrogen (secondary N) is 1. The minimum absolute atomic E-state index is 0.252. The largest absolute Gasteiger partial charge is 0.465 e. The Morgan fingerprint density at radius 3 is 2.83 bits per heavy atom. The maximum absolute atomic E-state index is 11.9. The zero-order chi connectivity index (χ0) is 20.4. The van der Waals surface area contributed by atoms with Gasteiger partial charge in [-0.1, -0.05) is 48.0 Å². The minimum Gasteiger partial charge on any atom is -0.465 e. The molecule has 2 aromatic heterocycles. The second-order valence-corrected chi connectivity index (χ2v) is 7.61. The number of ether oxygens (including phenoxy) is 1. The number of furan rings is 1. The third kappa shape index (κ3) is 3.92. The number of pyridine rings is 1. The van der Waals surface area contributed by atoms with Gasteiger partial charge in [-0.25, -0.2) is 4.79 Å². The van der Waals surface area contributed by atoms with Crippen molar-refractivity contribution >= 4 is 57.2 Å². The lowest BCUT2D eigenvalue weighted by Gasteiger charge is -2.01. The number of esters is 1. The van der Waals surface area contributed by atoms with Gasteiger partial charge in [-0.2, -0.15) is 0 Å². The number of hydrogen-bond acceptors (Lipinski definition) is 7. The third-order valence-corrected chi connectivity index (χ3v) is 5.18. The van der Waals surface area contributed by atoms with E-state index >= 15 is 0 Å². The van der Waals surface area contributed by atoms with E-state index in [2.05, 4.69) is 22.1 Å². The Bertz CT molecular complexity index is 1260. The van der Waals surface area contributed by atoms with Gasteiger partial charge in [0.05, 0.1) is 23.1 Å². The van der Waals surface area contributed by atoms with E-state index in [0.29, 0.717) is 37.3 Å². The molecule has 1 aliphatic rings. The standard InChI is InChI=1S/C21H12N2O4S2/c1-26-20(25)16-5-3-2-4-12(16)6-7-13-10-22-11-14-8-15(27-18(13)14)9-17-19(24)23-21(28)29-17/h2-5,8-11H,1H3,(H,23,24,28)/b17-9+. The SMILES string of the molecule is COC(=O)c1ccccc1C#Cc1cncc2cc(/C=C3/SC(=S)NC3=O)oc12. The van der Waals surface area contributed by atoms with Crippen molar-refractivity contribution in [3.63, 3.8) is 0 Å². The summed E-state index contributed by atoms with van der Waals surface area (Å²) in [5.74, 6) is 5.77. The highest BCUT2D eigenvalue weighted by Gasteiger charge is 2.22. The molecule has 1 fully saturated rings. The molecular weight excluding hydrogens is 408 g/mol. The van der Waals surface area contributed by atoms with E-state index in [1.165, 1.54) is 18.9 Å². The fourth-order valence-corrected chi connectivity index (χ4v) is 3.73. The van der Waals surface area contributed by atoms with Gasteiger partial charge in [0.1, 0.15) is 10.1 Å². The van der Waals surface area contributed by atoms with Crippen LogP contribution in [0.3, 0.4) is 0 Å². The highest BCUT2D eigenvalue weighted by Crippen LogP contribution is 2.29. The van der Waals surface area contributed by atoms with Crippen LogP contribution in [0.2, 0.25) is 0 Å². The van der Waals surface area contributed by atoms with Crippen LogP contribution in [0.5, 0.6) is 0 Å². The van der Waals surface area contributed by atoms with E-state index in [0.717, 1.165) is 5.39 Å². The summed E-state index contributed by atoms with van der Waals surface area (Å²) in [5.41, 5.74) is 2.03. The van der Waals surface area contributed by atoms with E-state index in [4.69, 9.17) is 21.4 Å². The third-order valence-electron chi connectivity index (χ3n) is 4.02. The van der Waals surface area contributed by atoms with Crippen molar-refractivity contribution in [1.82, 2.24) is 10.3 Å². The zero-order valence-electron chi connectivity index (χ0n) is 15.0. The summed E-state index contributed by atoms with van der Waals surface area (Å²) in [7, 11) is 1.33. The summed E-state index contributed by atoms with van der Waals surface area (Å²) in [6.07, 6.45) is 4.87. The second kappa shape index (κ2) is 7.91. The van der Waals surface area contributed by atoms with Crippen LogP contribution in [-0.2, 0) is 9.53 Å². The molecule has 3 heterocycles. The number of rotatable bonds is 2. The molecule has 6 nitrogen and oxygen atoms in total. The topological polar surface area (TPSA) is 81.4 Å². The Morgan fingerprint density at radius 1 is 1.28 bits per heavy atom. The molecule has 1 aromatic carbocycles. The van der Waals surface area contributed by atoms with Gasteiger partial charge in [-0.05, 0) is 18.2 Å². The molecule has 4 rings (SSSR count). The van der Waals surface area contributed by atoms with Crippen LogP contribution in [0, 0.1) is 11.8 Å². The van der Waals surface area contributed by atoms with E-state index in [1.807, 2.05) is 0 Å². The van der Waals surface area contributed by atoms with Gasteiger partial charge in [-0.15, -0.1) is 0 Å². The van der Waals surface area contributed by atoms with Crippen molar-refractivity contribution in [1.29, 1.82) is 0 Å². The molecule has 8 heteroatoms. The molecule has 0 unspecified atom stereocenters. The highest BCUT2D eigenvalue weighted by molar-refractivity contribution is 8.26. The van der Waals surface area contributed by atoms with E-state index in [9.17, 15) is 9.59 Å². The molecule has 0 atom stereocenters. The number of fused-ring (bicyclic) bond motifs is 1. The van der Waals surface area contributed by atoms with Gasteiger partial charge in [0.25, 0.3) is 5.91 Å². The van der Waals surface area contributed by atoms with Crippen LogP contribution in [0.25, 0.3) is 17.0 Å². The number of nitrogens with zero attached hydrogens (tertiary/aromatic N) is 1. The molecule has 1 saturated heterocycles. The van der Waals surface area contributed by atoms with Crippen molar-refractivity contribution in [2.45, 2.75) is 0 Å². The van der Waals surface area contributed by atoms with Gasteiger partial charge in [0.15, 0.2) is 5.58 Å². The predicted octanol–water partition coefficient (Wildman–Crippen LogP) is 3.50. The van der Waals surface area contributed by atoms with Crippen molar-refractivity contribution in [3.8, 4) is 11.8 Å². The molecule has 1 aliphatic heterocycles. The number of carbonyl (C=O) groups is 2. The molecular formula is C21H12N2O4S2. The molecule has 0 radical (unpaired) electrons. The summed E-state index contributed by atoms with van der Waals surface area (Å²) >= 11 is 6.17. The van der Waals surface area contributed by atoms with Crippen molar-refractivity contribution in [2.24, 2.45) is 0 Å². The maximum atomic E-state index is 11.9. The first kappa shape index (κ1) is 18.9. The molecule has 142 valence electrons. The number of methoxy groups -OCH3 is 1. The normalized spacial score (nSPS) is 14.6. The summed E-state index contributed by atoms with van der Waals surface area (Å²) < 4.78 is 11.1. The van der Waals surface area contributed by atoms with Crippen molar-refractivity contribution < 1.29 is 18.7 Å². The number of aromatic nitrogens is 1. The summed E-state index contributed by atoms with van der Waals surface area (Å²) in [6, 6.07) is 8.71. The van der Waals surface area contributed by atoms with Gasteiger partial charge in [0.2, 0.25) is 0 Å². The number of carbonyl (C=O) groups excluding carboxylic acids is 2. The Hall–Kier alpha value is -3.41. The smallest absolute Gasteiger partial charge is 0.339 e. The minimum atomic E-state index is -0.455. The Balaban J connectivity index is 1.73. The molecule has 29 heavy (non-hydrogen) atoms. The van der Waals surface area contributed by atoms with Crippen LogP contribution < -0.4 is 5.32 Å². The van der Waals surface area contributed by atoms with Gasteiger partial charge in [0, 0.05) is 29.4 Å². The average Bonchev–Trinajstić information content (AvgIpc) is 3.28. The molecule has 0 bridgehead atoms. The van der Waals surface area contributed by atoms with E-state index in [1.54, 1.807) is 48.8 Å². The number of benzene rings is 1. The predicted molar refractivity (Wildman–Crippen MR) is 114 cm³/mol. The lowest BCUT2D eigenvalue weighted by Crippen LogP contribution is -2.17. The Kier molecular flexibility index (Phi) is 5.16. The Morgan fingerprint density at radius 2 is 2.07 bits per heavy atom. The fourth-order valence-electron chi connectivity index (χ4n) is 2.71. The molecule has 0 saturated carbocycles. The molecule has 0 spiro atoms.